The molecule has 1 amide bonds. The first-order chi connectivity index (χ1) is 13.7. The largest absolute Gasteiger partial charge is 0.383 e. The first kappa shape index (κ1) is 21.9. The molecule has 1 fully saturated rings. The topological polar surface area (TPSA) is 116 Å². The molecule has 0 unspecified atom stereocenters. The minimum atomic E-state index is -1.02. The van der Waals surface area contributed by atoms with Crippen LogP contribution in [0.25, 0.3) is 0 Å². The molecule has 1 saturated heterocycles. The van der Waals surface area contributed by atoms with E-state index in [1.54, 1.807) is 13.8 Å². The Balaban J connectivity index is 1.68. The number of halogens is 1. The Labute approximate surface area is 178 Å². The number of aryl methyl sites for hydroxylation is 1. The summed E-state index contributed by atoms with van der Waals surface area (Å²) in [4.78, 5) is 21.8. The Bertz CT molecular complexity index is 849. The number of aliphatic hydroxyl groups is 1. The van der Waals surface area contributed by atoms with Crippen molar-refractivity contribution >= 4 is 34.0 Å². The Hall–Kier alpha value is -1.75. The fraction of sp³-hybridized carbons (Fsp3) is 0.667. The van der Waals surface area contributed by atoms with E-state index in [0.29, 0.717) is 42.7 Å². The van der Waals surface area contributed by atoms with Crippen LogP contribution in [0.5, 0.6) is 0 Å². The van der Waals surface area contributed by atoms with Crippen LogP contribution in [-0.2, 0) is 16.8 Å². The molecule has 0 aromatic carbocycles. The van der Waals surface area contributed by atoms with Gasteiger partial charge in [-0.3, -0.25) is 4.79 Å². The Morgan fingerprint density at radius 1 is 1.45 bits per heavy atom. The number of H-pyrrole nitrogens is 1. The fourth-order valence-electron chi connectivity index (χ4n) is 3.20. The monoisotopic (exact) mass is 442 g/mol. The number of nitrogens with zero attached hydrogens (tertiary/aromatic N) is 4. The maximum Gasteiger partial charge on any atom is 0.287 e. The first-order valence-corrected chi connectivity index (χ1v) is 10.9. The van der Waals surface area contributed by atoms with Crippen molar-refractivity contribution in [3.05, 3.63) is 21.7 Å². The molecule has 160 valence electrons. The number of aromatic nitrogens is 4. The van der Waals surface area contributed by atoms with Crippen molar-refractivity contribution in [2.24, 2.45) is 0 Å². The summed E-state index contributed by atoms with van der Waals surface area (Å²) in [6, 6.07) is -0.158. The van der Waals surface area contributed by atoms with E-state index in [9.17, 15) is 9.90 Å². The van der Waals surface area contributed by atoms with Gasteiger partial charge in [-0.05, 0) is 33.6 Å². The average molecular weight is 443 g/mol. The highest BCUT2D eigenvalue weighted by Crippen LogP contribution is 2.30. The van der Waals surface area contributed by atoms with E-state index in [1.807, 2.05) is 13.8 Å². The summed E-state index contributed by atoms with van der Waals surface area (Å²) in [5.74, 6) is -0.0848. The van der Waals surface area contributed by atoms with Crippen LogP contribution in [0.1, 0.15) is 55.4 Å². The second kappa shape index (κ2) is 8.95. The van der Waals surface area contributed by atoms with Crippen LogP contribution in [0, 0.1) is 0 Å². The molecule has 0 bridgehead atoms. The van der Waals surface area contributed by atoms with E-state index < -0.39 is 5.60 Å². The molecule has 0 aliphatic carbocycles. The lowest BCUT2D eigenvalue weighted by atomic mass is 10.0. The molecule has 0 spiro atoms. The lowest BCUT2D eigenvalue weighted by molar-refractivity contribution is 0.0271. The Morgan fingerprint density at radius 3 is 2.79 bits per heavy atom. The number of carbonyl (C=O) groups excluding carboxylic acids is 1. The van der Waals surface area contributed by atoms with Crippen LogP contribution in [0.2, 0.25) is 5.15 Å². The maximum absolute atomic E-state index is 12.6. The summed E-state index contributed by atoms with van der Waals surface area (Å²) in [5.41, 5.74) is -0.282. The van der Waals surface area contributed by atoms with Gasteiger partial charge in [0.15, 0.2) is 11.0 Å². The number of amides is 1. The van der Waals surface area contributed by atoms with Crippen molar-refractivity contribution in [2.75, 3.05) is 24.6 Å². The van der Waals surface area contributed by atoms with E-state index in [4.69, 9.17) is 16.3 Å². The Kier molecular flexibility index (Phi) is 6.77. The summed E-state index contributed by atoms with van der Waals surface area (Å²) >= 11 is 7.41. The molecule has 2 aromatic rings. The summed E-state index contributed by atoms with van der Waals surface area (Å²) < 4.78 is 5.90. The highest BCUT2D eigenvalue weighted by Gasteiger charge is 2.34. The molecule has 9 nitrogen and oxygen atoms in total. The number of ether oxygens (including phenoxy) is 1. The molecule has 1 aliphatic heterocycles. The van der Waals surface area contributed by atoms with Gasteiger partial charge in [-0.1, -0.05) is 29.9 Å². The third kappa shape index (κ3) is 5.06. The van der Waals surface area contributed by atoms with Gasteiger partial charge < -0.3 is 25.0 Å². The van der Waals surface area contributed by atoms with Crippen molar-refractivity contribution in [3.63, 3.8) is 0 Å². The first-order valence-electron chi connectivity index (χ1n) is 9.71. The predicted molar refractivity (Wildman–Crippen MR) is 112 cm³/mol. The van der Waals surface area contributed by atoms with Gasteiger partial charge in [-0.15, -0.1) is 10.2 Å². The average Bonchev–Trinajstić information content (AvgIpc) is 3.30. The van der Waals surface area contributed by atoms with Crippen LogP contribution in [-0.4, -0.2) is 63.0 Å². The van der Waals surface area contributed by atoms with Gasteiger partial charge in [0.1, 0.15) is 10.6 Å². The third-order valence-corrected chi connectivity index (χ3v) is 6.37. The summed E-state index contributed by atoms with van der Waals surface area (Å²) in [6.07, 6.45) is 1.15. The molecule has 2 aromatic heterocycles. The van der Waals surface area contributed by atoms with E-state index in [-0.39, 0.29) is 23.9 Å². The number of imidazole rings is 1. The molecular weight excluding hydrogens is 416 g/mol. The lowest BCUT2D eigenvalue weighted by Crippen LogP contribution is -2.55. The van der Waals surface area contributed by atoms with Crippen LogP contribution in [0.15, 0.2) is 0 Å². The van der Waals surface area contributed by atoms with E-state index >= 15 is 0 Å². The molecule has 3 heterocycles. The summed E-state index contributed by atoms with van der Waals surface area (Å²) in [7, 11) is 0. The summed E-state index contributed by atoms with van der Waals surface area (Å²) in [6.45, 7) is 9.03. The summed E-state index contributed by atoms with van der Waals surface area (Å²) in [5, 5.41) is 23.1. The SMILES string of the molecule is CCO[C@H]1CN(c2nnc(C(C)(C)O)s2)CC[C@H]1NC(=O)c1nc(Cl)c(CC)[nH]1. The van der Waals surface area contributed by atoms with E-state index in [2.05, 4.69) is 30.4 Å². The normalized spacial score (nSPS) is 20.1. The fourth-order valence-corrected chi connectivity index (χ4v) is 4.34. The molecule has 3 N–H and O–H groups in total. The van der Waals surface area contributed by atoms with Crippen molar-refractivity contribution < 1.29 is 14.6 Å². The van der Waals surface area contributed by atoms with Gasteiger partial charge in [-0.2, -0.15) is 0 Å². The molecular formula is C18H27ClN6O3S. The molecule has 1 aliphatic rings. The van der Waals surface area contributed by atoms with Crippen LogP contribution >= 0.6 is 22.9 Å². The smallest absolute Gasteiger partial charge is 0.287 e. The number of anilines is 1. The zero-order valence-electron chi connectivity index (χ0n) is 17.0. The zero-order chi connectivity index (χ0) is 21.2. The van der Waals surface area contributed by atoms with Crippen LogP contribution in [0.4, 0.5) is 5.13 Å². The van der Waals surface area contributed by atoms with Gasteiger partial charge in [0.2, 0.25) is 5.13 Å². The number of piperidine rings is 1. The van der Waals surface area contributed by atoms with Crippen LogP contribution in [0.3, 0.4) is 0 Å². The van der Waals surface area contributed by atoms with Gasteiger partial charge in [-0.25, -0.2) is 4.98 Å². The standard InChI is InChI=1S/C18H27ClN6O3S/c1-5-10-13(19)22-14(20-10)15(26)21-11-7-8-25(9-12(11)28-6-2)17-24-23-16(29-17)18(3,4)27/h11-12,27H,5-9H2,1-4H3,(H,20,22)(H,21,26)/t11-,12+/m1/s1. The van der Waals surface area contributed by atoms with Crippen molar-refractivity contribution in [3.8, 4) is 0 Å². The van der Waals surface area contributed by atoms with Gasteiger partial charge in [0, 0.05) is 19.7 Å². The molecule has 2 atom stereocenters. The minimum absolute atomic E-state index is 0.158. The van der Waals surface area contributed by atoms with Crippen LogP contribution < -0.4 is 10.2 Å². The number of carbonyl (C=O) groups is 1. The van der Waals surface area contributed by atoms with Gasteiger partial charge >= 0.3 is 0 Å². The molecule has 29 heavy (non-hydrogen) atoms. The second-order valence-corrected chi connectivity index (χ2v) is 8.78. The van der Waals surface area contributed by atoms with E-state index in [1.165, 1.54) is 11.3 Å². The Morgan fingerprint density at radius 2 is 2.21 bits per heavy atom. The minimum Gasteiger partial charge on any atom is -0.383 e. The molecule has 0 radical (unpaired) electrons. The van der Waals surface area contributed by atoms with E-state index in [0.717, 1.165) is 10.8 Å². The highest BCUT2D eigenvalue weighted by molar-refractivity contribution is 7.15. The number of rotatable bonds is 7. The number of hydrogen-bond donors (Lipinski definition) is 3. The molecule has 0 saturated carbocycles. The molecule has 11 heteroatoms. The van der Waals surface area contributed by atoms with Crippen molar-refractivity contribution in [1.29, 1.82) is 0 Å². The van der Waals surface area contributed by atoms with Gasteiger partial charge in [0.05, 0.1) is 17.8 Å². The van der Waals surface area contributed by atoms with Crippen molar-refractivity contribution in [1.82, 2.24) is 25.5 Å². The van der Waals surface area contributed by atoms with Crippen molar-refractivity contribution in [2.45, 2.75) is 58.3 Å². The third-order valence-electron chi connectivity index (χ3n) is 4.76. The number of nitrogens with one attached hydrogen (secondary N) is 2. The molecule has 3 rings (SSSR count). The second-order valence-electron chi connectivity index (χ2n) is 7.47. The van der Waals surface area contributed by atoms with Gasteiger partial charge in [0.25, 0.3) is 5.91 Å². The number of hydrogen-bond acceptors (Lipinski definition) is 8. The maximum atomic E-state index is 12.6. The lowest BCUT2D eigenvalue weighted by Gasteiger charge is -2.38. The zero-order valence-corrected chi connectivity index (χ0v) is 18.6. The predicted octanol–water partition coefficient (Wildman–Crippen LogP) is 2.12. The highest BCUT2D eigenvalue weighted by atomic mass is 35.5. The number of aromatic amines is 1. The quantitative estimate of drug-likeness (QED) is 0.601.